The molecule has 1 aliphatic heterocycles. The summed E-state index contributed by atoms with van der Waals surface area (Å²) in [6.07, 6.45) is 4.29. The SMILES string of the molecule is O=C(Nc1ccc(Br)cc1)C1CCN(C(=O)/C=C/c2ccc(S(=O)(=O)Nc3ccccc3Cl)cc2)CC1. The van der Waals surface area contributed by atoms with Crippen molar-refractivity contribution in [3.05, 3.63) is 93.9 Å². The number of anilines is 2. The Labute approximate surface area is 229 Å². The molecule has 7 nitrogen and oxygen atoms in total. The van der Waals surface area contributed by atoms with Gasteiger partial charge in [-0.25, -0.2) is 8.42 Å². The molecule has 0 aliphatic carbocycles. The number of carbonyl (C=O) groups is 2. The van der Waals surface area contributed by atoms with Crippen LogP contribution in [0.3, 0.4) is 0 Å². The first-order valence-electron chi connectivity index (χ1n) is 11.6. The molecule has 0 unspecified atom stereocenters. The largest absolute Gasteiger partial charge is 0.339 e. The van der Waals surface area contributed by atoms with E-state index in [1.807, 2.05) is 24.3 Å². The molecule has 3 aromatic carbocycles. The summed E-state index contributed by atoms with van der Waals surface area (Å²) >= 11 is 9.42. The average Bonchev–Trinajstić information content (AvgIpc) is 2.90. The fourth-order valence-corrected chi connectivity index (χ4v) is 5.50. The van der Waals surface area contributed by atoms with E-state index in [0.29, 0.717) is 42.2 Å². The first kappa shape index (κ1) is 26.9. The molecule has 2 amide bonds. The van der Waals surface area contributed by atoms with Crippen molar-refractivity contribution in [1.82, 2.24) is 4.90 Å². The topological polar surface area (TPSA) is 95.6 Å². The van der Waals surface area contributed by atoms with Crippen LogP contribution in [0.1, 0.15) is 18.4 Å². The average molecular weight is 603 g/mol. The minimum absolute atomic E-state index is 0.0379. The van der Waals surface area contributed by atoms with E-state index in [-0.39, 0.29) is 22.6 Å². The summed E-state index contributed by atoms with van der Waals surface area (Å²) in [7, 11) is -3.80. The van der Waals surface area contributed by atoms with Crippen molar-refractivity contribution in [2.24, 2.45) is 5.92 Å². The van der Waals surface area contributed by atoms with Gasteiger partial charge in [-0.3, -0.25) is 14.3 Å². The lowest BCUT2D eigenvalue weighted by molar-refractivity contribution is -0.130. The highest BCUT2D eigenvalue weighted by atomic mass is 79.9. The highest BCUT2D eigenvalue weighted by Gasteiger charge is 2.26. The Morgan fingerprint density at radius 1 is 0.946 bits per heavy atom. The zero-order chi connectivity index (χ0) is 26.4. The predicted molar refractivity (Wildman–Crippen MR) is 150 cm³/mol. The third-order valence-electron chi connectivity index (χ3n) is 6.02. The molecule has 0 radical (unpaired) electrons. The molecule has 10 heteroatoms. The van der Waals surface area contributed by atoms with E-state index < -0.39 is 10.0 Å². The first-order valence-corrected chi connectivity index (χ1v) is 14.3. The van der Waals surface area contributed by atoms with Gasteiger partial charge >= 0.3 is 0 Å². The molecule has 0 atom stereocenters. The van der Waals surface area contributed by atoms with Gasteiger partial charge in [0.05, 0.1) is 15.6 Å². The highest BCUT2D eigenvalue weighted by Crippen LogP contribution is 2.25. The van der Waals surface area contributed by atoms with Gasteiger partial charge in [-0.05, 0) is 73.0 Å². The Hall–Kier alpha value is -3.14. The van der Waals surface area contributed by atoms with Crippen LogP contribution in [0.4, 0.5) is 11.4 Å². The Morgan fingerprint density at radius 2 is 1.59 bits per heavy atom. The van der Waals surface area contributed by atoms with Crippen molar-refractivity contribution in [3.8, 4) is 0 Å². The van der Waals surface area contributed by atoms with E-state index in [9.17, 15) is 18.0 Å². The summed E-state index contributed by atoms with van der Waals surface area (Å²) in [6.45, 7) is 0.985. The molecular formula is C27H25BrClN3O4S. The van der Waals surface area contributed by atoms with E-state index in [0.717, 1.165) is 10.2 Å². The van der Waals surface area contributed by atoms with Crippen LogP contribution in [0.2, 0.25) is 5.02 Å². The second-order valence-corrected chi connectivity index (χ2v) is 11.6. The molecule has 1 saturated heterocycles. The molecule has 0 spiro atoms. The number of hydrogen-bond acceptors (Lipinski definition) is 4. The fourth-order valence-electron chi connectivity index (χ4n) is 3.92. The third-order valence-corrected chi connectivity index (χ3v) is 8.26. The molecule has 0 aromatic heterocycles. The van der Waals surface area contributed by atoms with E-state index in [4.69, 9.17) is 11.6 Å². The van der Waals surface area contributed by atoms with E-state index in [1.165, 1.54) is 18.2 Å². The van der Waals surface area contributed by atoms with Gasteiger partial charge in [-0.15, -0.1) is 0 Å². The normalized spacial score (nSPS) is 14.5. The highest BCUT2D eigenvalue weighted by molar-refractivity contribution is 9.10. The van der Waals surface area contributed by atoms with Crippen LogP contribution in [0.15, 0.2) is 88.2 Å². The minimum atomic E-state index is -3.80. The Morgan fingerprint density at radius 3 is 2.24 bits per heavy atom. The predicted octanol–water partition coefficient (Wildman–Crippen LogP) is 5.79. The fraction of sp³-hybridized carbons (Fsp3) is 0.185. The summed E-state index contributed by atoms with van der Waals surface area (Å²) in [5.41, 5.74) is 1.73. The molecule has 0 saturated carbocycles. The summed E-state index contributed by atoms with van der Waals surface area (Å²) in [6, 6.07) is 20.2. The lowest BCUT2D eigenvalue weighted by Gasteiger charge is -2.30. The Balaban J connectivity index is 1.29. The second kappa shape index (κ2) is 11.9. The van der Waals surface area contributed by atoms with Crippen LogP contribution in [-0.4, -0.2) is 38.2 Å². The summed E-state index contributed by atoms with van der Waals surface area (Å²) in [5, 5.41) is 3.23. The van der Waals surface area contributed by atoms with Gasteiger partial charge in [-0.2, -0.15) is 0 Å². The van der Waals surface area contributed by atoms with Gasteiger partial charge in [0, 0.05) is 35.2 Å². The van der Waals surface area contributed by atoms with Gasteiger partial charge < -0.3 is 10.2 Å². The summed E-state index contributed by atoms with van der Waals surface area (Å²) in [4.78, 5) is 27.0. The van der Waals surface area contributed by atoms with Crippen LogP contribution >= 0.6 is 27.5 Å². The first-order chi connectivity index (χ1) is 17.7. The number of carbonyl (C=O) groups excluding carboxylic acids is 2. The van der Waals surface area contributed by atoms with Crippen molar-refractivity contribution in [1.29, 1.82) is 0 Å². The van der Waals surface area contributed by atoms with Crippen LogP contribution in [0.25, 0.3) is 6.08 Å². The number of halogens is 2. The number of nitrogens with one attached hydrogen (secondary N) is 2. The number of para-hydroxylation sites is 1. The smallest absolute Gasteiger partial charge is 0.261 e. The van der Waals surface area contributed by atoms with Crippen LogP contribution in [0.5, 0.6) is 0 Å². The Kier molecular flexibility index (Phi) is 8.68. The number of amides is 2. The van der Waals surface area contributed by atoms with E-state index >= 15 is 0 Å². The maximum absolute atomic E-state index is 12.6. The molecule has 0 bridgehead atoms. The third kappa shape index (κ3) is 7.21. The molecule has 1 fully saturated rings. The zero-order valence-electron chi connectivity index (χ0n) is 19.7. The lowest BCUT2D eigenvalue weighted by Crippen LogP contribution is -2.40. The molecule has 4 rings (SSSR count). The van der Waals surface area contributed by atoms with Gasteiger partial charge in [-0.1, -0.05) is 51.8 Å². The number of likely N-dealkylation sites (tertiary alicyclic amines) is 1. The lowest BCUT2D eigenvalue weighted by atomic mass is 9.95. The number of sulfonamides is 1. The molecule has 3 aromatic rings. The standard InChI is InChI=1S/C27H25BrClN3O4S/c28-21-8-10-22(11-9-21)30-27(34)20-15-17-32(18-16-20)26(33)14-7-19-5-12-23(13-6-19)37(35,36)31-25-4-2-1-3-24(25)29/h1-14,20,31H,15-18H2,(H,30,34)/b14-7+. The molecule has 1 heterocycles. The number of nitrogens with zero attached hydrogens (tertiary/aromatic N) is 1. The van der Waals surface area contributed by atoms with Crippen molar-refractivity contribution < 1.29 is 18.0 Å². The zero-order valence-corrected chi connectivity index (χ0v) is 22.9. The monoisotopic (exact) mass is 601 g/mol. The van der Waals surface area contributed by atoms with Crippen LogP contribution in [-0.2, 0) is 19.6 Å². The number of benzene rings is 3. The number of piperidine rings is 1. The van der Waals surface area contributed by atoms with Gasteiger partial charge in [0.25, 0.3) is 10.0 Å². The van der Waals surface area contributed by atoms with Crippen LogP contribution < -0.4 is 10.0 Å². The van der Waals surface area contributed by atoms with E-state index in [1.54, 1.807) is 47.4 Å². The van der Waals surface area contributed by atoms with Gasteiger partial charge in [0.1, 0.15) is 0 Å². The molecular weight excluding hydrogens is 578 g/mol. The van der Waals surface area contributed by atoms with Gasteiger partial charge in [0.2, 0.25) is 11.8 Å². The number of hydrogen-bond donors (Lipinski definition) is 2. The van der Waals surface area contributed by atoms with Gasteiger partial charge in [0.15, 0.2) is 0 Å². The number of rotatable bonds is 7. The maximum atomic E-state index is 12.6. The quantitative estimate of drug-likeness (QED) is 0.335. The summed E-state index contributed by atoms with van der Waals surface area (Å²) in [5.74, 6) is -0.335. The maximum Gasteiger partial charge on any atom is 0.261 e. The summed E-state index contributed by atoms with van der Waals surface area (Å²) < 4.78 is 28.7. The Bertz CT molecular complexity index is 1400. The van der Waals surface area contributed by atoms with Crippen LogP contribution in [0, 0.1) is 5.92 Å². The molecule has 1 aliphatic rings. The minimum Gasteiger partial charge on any atom is -0.339 e. The molecule has 2 N–H and O–H groups in total. The van der Waals surface area contributed by atoms with Crippen molar-refractivity contribution in [2.75, 3.05) is 23.1 Å². The van der Waals surface area contributed by atoms with Crippen molar-refractivity contribution in [3.63, 3.8) is 0 Å². The second-order valence-electron chi connectivity index (χ2n) is 8.58. The van der Waals surface area contributed by atoms with Crippen molar-refractivity contribution >= 4 is 66.8 Å². The van der Waals surface area contributed by atoms with Crippen molar-refractivity contribution in [2.45, 2.75) is 17.7 Å². The molecule has 37 heavy (non-hydrogen) atoms. The van der Waals surface area contributed by atoms with E-state index in [2.05, 4.69) is 26.0 Å². The molecule has 192 valence electrons.